The lowest BCUT2D eigenvalue weighted by Crippen LogP contribution is -2.41. The molecule has 1 aliphatic heterocycles. The van der Waals surface area contributed by atoms with E-state index < -0.39 is 5.97 Å². The van der Waals surface area contributed by atoms with E-state index in [0.29, 0.717) is 13.2 Å². The van der Waals surface area contributed by atoms with E-state index in [-0.39, 0.29) is 12.0 Å². The van der Waals surface area contributed by atoms with Crippen LogP contribution in [0.25, 0.3) is 0 Å². The Morgan fingerprint density at radius 1 is 1.47 bits per heavy atom. The number of hydrogen-bond donors (Lipinski definition) is 1. The highest BCUT2D eigenvalue weighted by atomic mass is 16.5. The Kier molecular flexibility index (Phi) is 4.43. The summed E-state index contributed by atoms with van der Waals surface area (Å²) in [7, 11) is 0. The first kappa shape index (κ1) is 13.9. The molecule has 0 bridgehead atoms. The number of carboxylic acid groups (broad SMARTS) is 1. The largest absolute Gasteiger partial charge is 0.492 e. The predicted octanol–water partition coefficient (Wildman–Crippen LogP) is 2.17. The van der Waals surface area contributed by atoms with E-state index in [2.05, 4.69) is 0 Å². The lowest BCUT2D eigenvalue weighted by molar-refractivity contribution is -0.143. The summed E-state index contributed by atoms with van der Waals surface area (Å²) in [5.74, 6) is 0.374. The summed E-state index contributed by atoms with van der Waals surface area (Å²) < 4.78 is 5.73. The van der Waals surface area contributed by atoms with Gasteiger partial charge in [0.25, 0.3) is 0 Å². The summed E-state index contributed by atoms with van der Waals surface area (Å²) >= 11 is 0. The maximum Gasteiger partial charge on any atom is 0.321 e. The van der Waals surface area contributed by atoms with Gasteiger partial charge in [-0.05, 0) is 37.4 Å². The van der Waals surface area contributed by atoms with Gasteiger partial charge in [0.2, 0.25) is 0 Å². The van der Waals surface area contributed by atoms with E-state index in [9.17, 15) is 9.90 Å². The van der Waals surface area contributed by atoms with Crippen LogP contribution >= 0.6 is 0 Å². The molecule has 0 saturated carbocycles. The molecule has 2 atom stereocenters. The molecule has 4 nitrogen and oxygen atoms in total. The second-order valence-corrected chi connectivity index (χ2v) is 5.20. The van der Waals surface area contributed by atoms with E-state index in [1.165, 1.54) is 0 Å². The van der Waals surface area contributed by atoms with Crippen molar-refractivity contribution in [2.75, 3.05) is 19.7 Å². The molecule has 1 N–H and O–H groups in total. The molecule has 0 radical (unpaired) electrons. The van der Waals surface area contributed by atoms with E-state index >= 15 is 0 Å². The molecule has 19 heavy (non-hydrogen) atoms. The predicted molar refractivity (Wildman–Crippen MR) is 73.5 cm³/mol. The summed E-state index contributed by atoms with van der Waals surface area (Å²) in [6, 6.07) is 7.51. The van der Waals surface area contributed by atoms with Crippen molar-refractivity contribution in [2.24, 2.45) is 5.92 Å². The van der Waals surface area contributed by atoms with Crippen LogP contribution in [-0.2, 0) is 4.79 Å². The Morgan fingerprint density at radius 3 is 2.89 bits per heavy atom. The fourth-order valence-corrected chi connectivity index (χ4v) is 2.67. The van der Waals surface area contributed by atoms with E-state index in [1.807, 2.05) is 43.0 Å². The van der Waals surface area contributed by atoms with Crippen LogP contribution in [0.4, 0.5) is 0 Å². The molecule has 1 saturated heterocycles. The molecular formula is C15H21NO3. The molecule has 1 heterocycles. The molecule has 104 valence electrons. The summed E-state index contributed by atoms with van der Waals surface area (Å²) in [6.07, 6.45) is 0.946. The van der Waals surface area contributed by atoms with Crippen molar-refractivity contribution in [1.29, 1.82) is 0 Å². The average molecular weight is 263 g/mol. The maximum absolute atomic E-state index is 11.2. The zero-order chi connectivity index (χ0) is 13.8. The minimum absolute atomic E-state index is 0.218. The quantitative estimate of drug-likeness (QED) is 0.884. The highest BCUT2D eigenvalue weighted by Gasteiger charge is 2.36. The third kappa shape index (κ3) is 3.26. The van der Waals surface area contributed by atoms with Gasteiger partial charge in [-0.25, -0.2) is 0 Å². The first-order valence-electron chi connectivity index (χ1n) is 6.75. The molecule has 0 spiro atoms. The topological polar surface area (TPSA) is 49.8 Å². The van der Waals surface area contributed by atoms with Crippen molar-refractivity contribution in [2.45, 2.75) is 26.3 Å². The molecule has 0 aromatic heterocycles. The number of hydrogen-bond acceptors (Lipinski definition) is 3. The van der Waals surface area contributed by atoms with E-state index in [1.54, 1.807) is 0 Å². The first-order valence-corrected chi connectivity index (χ1v) is 6.75. The van der Waals surface area contributed by atoms with Gasteiger partial charge in [-0.15, -0.1) is 0 Å². The molecule has 1 aromatic rings. The standard InChI is InChI=1S/C15H21NO3/c1-11-5-3-4-6-13(11)19-10-9-16-8-7-12(2)14(16)15(17)18/h3-6,12,14H,7-10H2,1-2H3,(H,17,18). The van der Waals surface area contributed by atoms with Crippen molar-refractivity contribution in [1.82, 2.24) is 4.90 Å². The summed E-state index contributed by atoms with van der Waals surface area (Å²) in [4.78, 5) is 13.2. The Labute approximate surface area is 114 Å². The maximum atomic E-state index is 11.2. The normalized spacial score (nSPS) is 23.5. The zero-order valence-electron chi connectivity index (χ0n) is 11.5. The van der Waals surface area contributed by atoms with Crippen LogP contribution in [0.15, 0.2) is 24.3 Å². The van der Waals surface area contributed by atoms with E-state index in [0.717, 1.165) is 24.3 Å². The fourth-order valence-electron chi connectivity index (χ4n) is 2.67. The number of para-hydroxylation sites is 1. The number of nitrogens with zero attached hydrogens (tertiary/aromatic N) is 1. The number of carbonyl (C=O) groups is 1. The number of carboxylic acids is 1. The van der Waals surface area contributed by atoms with Crippen LogP contribution < -0.4 is 4.74 Å². The van der Waals surface area contributed by atoms with Crippen LogP contribution in [0.5, 0.6) is 5.75 Å². The fraction of sp³-hybridized carbons (Fsp3) is 0.533. The third-order valence-corrected chi connectivity index (χ3v) is 3.79. The number of rotatable bonds is 5. The Hall–Kier alpha value is -1.55. The minimum Gasteiger partial charge on any atom is -0.492 e. The summed E-state index contributed by atoms with van der Waals surface area (Å²) in [6.45, 7) is 6.04. The molecule has 0 amide bonds. The number of ether oxygens (including phenoxy) is 1. The highest BCUT2D eigenvalue weighted by Crippen LogP contribution is 2.24. The van der Waals surface area contributed by atoms with Gasteiger partial charge in [-0.3, -0.25) is 9.69 Å². The summed E-state index contributed by atoms with van der Waals surface area (Å²) in [5.41, 5.74) is 1.10. The number of aliphatic carboxylic acids is 1. The molecular weight excluding hydrogens is 242 g/mol. The zero-order valence-corrected chi connectivity index (χ0v) is 11.5. The Morgan fingerprint density at radius 2 is 2.21 bits per heavy atom. The van der Waals surface area contributed by atoms with Crippen molar-refractivity contribution in [3.63, 3.8) is 0 Å². The molecule has 0 aliphatic carbocycles. The monoisotopic (exact) mass is 263 g/mol. The molecule has 2 unspecified atom stereocenters. The van der Waals surface area contributed by atoms with Gasteiger partial charge < -0.3 is 9.84 Å². The number of benzene rings is 1. The lowest BCUT2D eigenvalue weighted by atomic mass is 10.0. The summed E-state index contributed by atoms with van der Waals surface area (Å²) in [5, 5.41) is 9.23. The van der Waals surface area contributed by atoms with Crippen molar-refractivity contribution in [3.8, 4) is 5.75 Å². The van der Waals surface area contributed by atoms with Crippen LogP contribution in [0.2, 0.25) is 0 Å². The van der Waals surface area contributed by atoms with Gasteiger partial charge >= 0.3 is 5.97 Å². The minimum atomic E-state index is -0.721. The SMILES string of the molecule is Cc1ccccc1OCCN1CCC(C)C1C(=O)O. The molecule has 4 heteroatoms. The van der Waals surface area contributed by atoms with Crippen molar-refractivity contribution in [3.05, 3.63) is 29.8 Å². The molecule has 2 rings (SSSR count). The van der Waals surface area contributed by atoms with Crippen molar-refractivity contribution < 1.29 is 14.6 Å². The Bertz CT molecular complexity index is 447. The number of aryl methyl sites for hydroxylation is 1. The van der Waals surface area contributed by atoms with Crippen LogP contribution in [0, 0.1) is 12.8 Å². The highest BCUT2D eigenvalue weighted by molar-refractivity contribution is 5.74. The smallest absolute Gasteiger partial charge is 0.321 e. The van der Waals surface area contributed by atoms with Crippen LogP contribution in [0.1, 0.15) is 18.9 Å². The van der Waals surface area contributed by atoms with Gasteiger partial charge in [0.1, 0.15) is 18.4 Å². The number of likely N-dealkylation sites (tertiary alicyclic amines) is 1. The van der Waals surface area contributed by atoms with Gasteiger partial charge in [0, 0.05) is 6.54 Å². The van der Waals surface area contributed by atoms with Gasteiger partial charge in [-0.1, -0.05) is 25.1 Å². The molecule has 1 fully saturated rings. The second-order valence-electron chi connectivity index (χ2n) is 5.20. The third-order valence-electron chi connectivity index (χ3n) is 3.79. The Balaban J connectivity index is 1.86. The second kappa shape index (κ2) is 6.06. The van der Waals surface area contributed by atoms with Gasteiger partial charge in [-0.2, -0.15) is 0 Å². The van der Waals surface area contributed by atoms with Gasteiger partial charge in [0.15, 0.2) is 0 Å². The average Bonchev–Trinajstić information content (AvgIpc) is 2.73. The van der Waals surface area contributed by atoms with Gasteiger partial charge in [0.05, 0.1) is 0 Å². The van der Waals surface area contributed by atoms with Crippen LogP contribution in [0.3, 0.4) is 0 Å². The lowest BCUT2D eigenvalue weighted by Gasteiger charge is -2.23. The van der Waals surface area contributed by atoms with Crippen molar-refractivity contribution >= 4 is 5.97 Å². The molecule has 1 aliphatic rings. The first-order chi connectivity index (χ1) is 9.09. The van der Waals surface area contributed by atoms with E-state index in [4.69, 9.17) is 4.74 Å². The van der Waals surface area contributed by atoms with Crippen LogP contribution in [-0.4, -0.2) is 41.7 Å². The molecule has 1 aromatic carbocycles.